The number of sulfonamides is 1. The molecule has 1 aliphatic heterocycles. The van der Waals surface area contributed by atoms with Crippen molar-refractivity contribution in [3.8, 4) is 0 Å². The van der Waals surface area contributed by atoms with Gasteiger partial charge in [0, 0.05) is 12.2 Å². The van der Waals surface area contributed by atoms with Crippen molar-refractivity contribution < 1.29 is 8.42 Å². The van der Waals surface area contributed by atoms with Crippen molar-refractivity contribution >= 4 is 26.5 Å². The maximum absolute atomic E-state index is 12.7. The largest absolute Gasteiger partial charge is 0.312 e. The number of nitrogens with one attached hydrogen (secondary N) is 2. The Morgan fingerprint density at radius 1 is 0.875 bits per heavy atom. The van der Waals surface area contributed by atoms with Crippen molar-refractivity contribution in [3.05, 3.63) is 71.8 Å². The molecule has 0 amide bonds. The highest BCUT2D eigenvalue weighted by molar-refractivity contribution is 7.92. The fourth-order valence-electron chi connectivity index (χ4n) is 3.09. The van der Waals surface area contributed by atoms with Gasteiger partial charge in [-0.3, -0.25) is 4.72 Å². The molecule has 0 saturated heterocycles. The highest BCUT2D eigenvalue weighted by Crippen LogP contribution is 2.24. The number of hydrogen-bond donors (Lipinski definition) is 2. The first kappa shape index (κ1) is 15.2. The second kappa shape index (κ2) is 5.92. The highest BCUT2D eigenvalue weighted by Gasteiger charge is 2.16. The van der Waals surface area contributed by atoms with Crippen LogP contribution in [0.1, 0.15) is 11.1 Å². The summed E-state index contributed by atoms with van der Waals surface area (Å²) in [6.07, 6.45) is 0.979. The van der Waals surface area contributed by atoms with Crippen LogP contribution in [-0.4, -0.2) is 15.0 Å². The molecule has 1 aliphatic rings. The van der Waals surface area contributed by atoms with Crippen molar-refractivity contribution in [1.29, 1.82) is 0 Å². The molecule has 24 heavy (non-hydrogen) atoms. The van der Waals surface area contributed by atoms with Gasteiger partial charge in [0.15, 0.2) is 0 Å². The van der Waals surface area contributed by atoms with Gasteiger partial charge in [-0.05, 0) is 59.1 Å². The molecule has 4 nitrogen and oxygen atoms in total. The second-order valence-electron chi connectivity index (χ2n) is 6.02. The first-order chi connectivity index (χ1) is 11.6. The van der Waals surface area contributed by atoms with Crippen LogP contribution in [0.2, 0.25) is 0 Å². The summed E-state index contributed by atoms with van der Waals surface area (Å²) in [4.78, 5) is 0.275. The van der Waals surface area contributed by atoms with E-state index in [0.717, 1.165) is 35.8 Å². The van der Waals surface area contributed by atoms with Crippen molar-refractivity contribution in [2.24, 2.45) is 0 Å². The zero-order chi connectivity index (χ0) is 16.6. The molecule has 3 aromatic rings. The molecule has 0 unspecified atom stereocenters. The van der Waals surface area contributed by atoms with E-state index >= 15 is 0 Å². The van der Waals surface area contributed by atoms with Crippen LogP contribution in [0.25, 0.3) is 10.8 Å². The summed E-state index contributed by atoms with van der Waals surface area (Å²) in [5.41, 5.74) is 3.04. The van der Waals surface area contributed by atoms with E-state index < -0.39 is 10.0 Å². The Bertz CT molecular complexity index is 1010. The molecular weight excluding hydrogens is 320 g/mol. The Labute approximate surface area is 141 Å². The van der Waals surface area contributed by atoms with Gasteiger partial charge in [0.1, 0.15) is 0 Å². The molecule has 0 fully saturated rings. The van der Waals surface area contributed by atoms with Crippen LogP contribution in [0.4, 0.5) is 5.69 Å². The lowest BCUT2D eigenvalue weighted by atomic mass is 10.0. The third-order valence-electron chi connectivity index (χ3n) is 4.38. The van der Waals surface area contributed by atoms with Crippen molar-refractivity contribution in [3.63, 3.8) is 0 Å². The molecule has 0 radical (unpaired) electrons. The summed E-state index contributed by atoms with van der Waals surface area (Å²) in [6.45, 7) is 1.75. The number of anilines is 1. The molecule has 122 valence electrons. The average Bonchev–Trinajstić information content (AvgIpc) is 2.61. The number of benzene rings is 3. The summed E-state index contributed by atoms with van der Waals surface area (Å²) >= 11 is 0. The first-order valence-corrected chi connectivity index (χ1v) is 9.44. The third-order valence-corrected chi connectivity index (χ3v) is 5.76. The summed E-state index contributed by atoms with van der Waals surface area (Å²) in [5, 5.41) is 5.24. The molecule has 0 atom stereocenters. The van der Waals surface area contributed by atoms with Gasteiger partial charge in [-0.25, -0.2) is 8.42 Å². The van der Waals surface area contributed by atoms with Gasteiger partial charge in [-0.2, -0.15) is 0 Å². The smallest absolute Gasteiger partial charge is 0.261 e. The molecule has 0 spiro atoms. The van der Waals surface area contributed by atoms with Gasteiger partial charge < -0.3 is 5.32 Å². The fourth-order valence-corrected chi connectivity index (χ4v) is 4.18. The molecule has 3 aromatic carbocycles. The van der Waals surface area contributed by atoms with Gasteiger partial charge in [0.25, 0.3) is 10.0 Å². The predicted molar refractivity (Wildman–Crippen MR) is 96.6 cm³/mol. The normalized spacial score (nSPS) is 14.3. The zero-order valence-electron chi connectivity index (χ0n) is 13.1. The van der Waals surface area contributed by atoms with E-state index in [9.17, 15) is 8.42 Å². The van der Waals surface area contributed by atoms with Crippen LogP contribution in [0, 0.1) is 0 Å². The number of hydrogen-bond acceptors (Lipinski definition) is 3. The first-order valence-electron chi connectivity index (χ1n) is 7.96. The predicted octanol–water partition coefficient (Wildman–Crippen LogP) is 3.29. The Morgan fingerprint density at radius 3 is 2.58 bits per heavy atom. The van der Waals surface area contributed by atoms with Crippen LogP contribution in [0.5, 0.6) is 0 Å². The van der Waals surface area contributed by atoms with Crippen molar-refractivity contribution in [2.75, 3.05) is 11.3 Å². The molecule has 0 saturated carbocycles. The zero-order valence-corrected chi connectivity index (χ0v) is 13.9. The van der Waals surface area contributed by atoms with Gasteiger partial charge >= 0.3 is 0 Å². The minimum Gasteiger partial charge on any atom is -0.312 e. The molecular formula is C19H18N2O2S. The van der Waals surface area contributed by atoms with Gasteiger partial charge in [0.05, 0.1) is 4.90 Å². The van der Waals surface area contributed by atoms with Gasteiger partial charge in [-0.1, -0.05) is 36.4 Å². The van der Waals surface area contributed by atoms with E-state index in [1.165, 1.54) is 5.56 Å². The summed E-state index contributed by atoms with van der Waals surface area (Å²) in [5.74, 6) is 0. The molecule has 2 N–H and O–H groups in total. The minimum absolute atomic E-state index is 0.275. The second-order valence-corrected chi connectivity index (χ2v) is 7.71. The Kier molecular flexibility index (Phi) is 3.75. The van der Waals surface area contributed by atoms with Crippen molar-refractivity contribution in [2.45, 2.75) is 17.9 Å². The third kappa shape index (κ3) is 2.88. The molecule has 0 aromatic heterocycles. The number of fused-ring (bicyclic) bond motifs is 2. The molecule has 0 bridgehead atoms. The maximum Gasteiger partial charge on any atom is 0.261 e. The van der Waals surface area contributed by atoms with Gasteiger partial charge in [0.2, 0.25) is 0 Å². The van der Waals surface area contributed by atoms with Crippen LogP contribution < -0.4 is 10.0 Å². The standard InChI is InChI=1S/C19H18N2O2S/c22-24(23,19-8-6-14-3-1-2-4-16(14)12-19)21-18-7-5-15-9-10-20-13-17(15)11-18/h1-8,11-12,20-21H,9-10,13H2. The highest BCUT2D eigenvalue weighted by atomic mass is 32.2. The summed E-state index contributed by atoms with van der Waals surface area (Å²) in [7, 11) is -3.60. The molecule has 4 rings (SSSR count). The SMILES string of the molecule is O=S(=O)(Nc1ccc2c(c1)CNCC2)c1ccc2ccccc2c1. The van der Waals surface area contributed by atoms with E-state index in [0.29, 0.717) is 5.69 Å². The summed E-state index contributed by atoms with van der Waals surface area (Å²) in [6, 6.07) is 18.7. The lowest BCUT2D eigenvalue weighted by Gasteiger charge is -2.18. The van der Waals surface area contributed by atoms with Crippen LogP contribution in [0.15, 0.2) is 65.6 Å². The monoisotopic (exact) mass is 338 g/mol. The van der Waals surface area contributed by atoms with Crippen LogP contribution in [0.3, 0.4) is 0 Å². The van der Waals surface area contributed by atoms with Crippen molar-refractivity contribution in [1.82, 2.24) is 5.32 Å². The van der Waals surface area contributed by atoms with Crippen LogP contribution in [-0.2, 0) is 23.0 Å². The molecule has 1 heterocycles. The Balaban J connectivity index is 1.67. The lowest BCUT2D eigenvalue weighted by molar-refractivity contribution is 0.601. The van der Waals surface area contributed by atoms with E-state index in [2.05, 4.69) is 10.0 Å². The van der Waals surface area contributed by atoms with E-state index in [1.807, 2.05) is 48.5 Å². The Morgan fingerprint density at radius 2 is 1.71 bits per heavy atom. The fraction of sp³-hybridized carbons (Fsp3) is 0.158. The molecule has 0 aliphatic carbocycles. The number of rotatable bonds is 3. The lowest BCUT2D eigenvalue weighted by Crippen LogP contribution is -2.23. The Hall–Kier alpha value is -2.37. The molecule has 5 heteroatoms. The van der Waals surface area contributed by atoms with E-state index in [-0.39, 0.29) is 4.90 Å². The van der Waals surface area contributed by atoms with Crippen LogP contribution >= 0.6 is 0 Å². The average molecular weight is 338 g/mol. The van der Waals surface area contributed by atoms with Gasteiger partial charge in [-0.15, -0.1) is 0 Å². The maximum atomic E-state index is 12.7. The summed E-state index contributed by atoms with van der Waals surface area (Å²) < 4.78 is 28.1. The van der Waals surface area contributed by atoms with E-state index in [4.69, 9.17) is 0 Å². The van der Waals surface area contributed by atoms with E-state index in [1.54, 1.807) is 12.1 Å². The topological polar surface area (TPSA) is 58.2 Å². The quantitative estimate of drug-likeness (QED) is 0.770. The minimum atomic E-state index is -3.60.